The van der Waals surface area contributed by atoms with Crippen LogP contribution in [-0.2, 0) is 13.1 Å². The van der Waals surface area contributed by atoms with Crippen molar-refractivity contribution in [2.45, 2.75) is 20.0 Å². The first-order valence-corrected chi connectivity index (χ1v) is 9.27. The molecule has 0 unspecified atom stereocenters. The van der Waals surface area contributed by atoms with Gasteiger partial charge < -0.3 is 9.13 Å². The van der Waals surface area contributed by atoms with Gasteiger partial charge >= 0.3 is 0 Å². The molecular weight excluding hydrogens is 354 g/mol. The van der Waals surface area contributed by atoms with Crippen molar-refractivity contribution in [2.75, 3.05) is 0 Å². The zero-order chi connectivity index (χ0) is 19.5. The first-order chi connectivity index (χ1) is 13.7. The number of aryl methyl sites for hydroxylation is 1. The first kappa shape index (κ1) is 18.1. The summed E-state index contributed by atoms with van der Waals surface area (Å²) in [5, 5.41) is 0. The van der Waals surface area contributed by atoms with E-state index in [1.54, 1.807) is 24.3 Å². The second-order valence-electron chi connectivity index (χ2n) is 6.63. The Morgan fingerprint density at radius 1 is 0.786 bits per heavy atom. The smallest absolute Gasteiger partial charge is 0.205 e. The maximum absolute atomic E-state index is 13.5. The summed E-state index contributed by atoms with van der Waals surface area (Å²) < 4.78 is 31.1. The summed E-state index contributed by atoms with van der Waals surface area (Å²) in [5.41, 5.74) is 4.79. The van der Waals surface area contributed by atoms with Crippen LogP contribution < -0.4 is 4.57 Å². The number of rotatable bonds is 5. The van der Waals surface area contributed by atoms with Crippen molar-refractivity contribution in [3.63, 3.8) is 0 Å². The zero-order valence-corrected chi connectivity index (χ0v) is 15.6. The van der Waals surface area contributed by atoms with Crippen molar-refractivity contribution in [1.29, 1.82) is 0 Å². The van der Waals surface area contributed by atoms with Gasteiger partial charge in [0.15, 0.2) is 0 Å². The molecule has 2 nitrogen and oxygen atoms in total. The number of halogens is 2. The van der Waals surface area contributed by atoms with E-state index in [1.807, 2.05) is 34.3 Å². The van der Waals surface area contributed by atoms with E-state index in [9.17, 15) is 8.78 Å². The Morgan fingerprint density at radius 2 is 1.36 bits per heavy atom. The molecule has 0 spiro atoms. The maximum atomic E-state index is 13.5. The van der Waals surface area contributed by atoms with E-state index in [-0.39, 0.29) is 11.6 Å². The molecule has 0 saturated heterocycles. The Labute approximate surface area is 163 Å². The van der Waals surface area contributed by atoms with Crippen molar-refractivity contribution >= 4 is 0 Å². The standard InChI is InChI=1S/C24H20F2N2/c1-2-27-17-28(16-18-6-4-3-5-7-18)24(20-10-14-22(26)15-11-20)23(27)19-8-12-21(25)13-9-19/h3-15H,2,16H2,1H3. The van der Waals surface area contributed by atoms with Gasteiger partial charge in [0.1, 0.15) is 11.6 Å². The third-order valence-electron chi connectivity index (χ3n) is 4.74. The predicted molar refractivity (Wildman–Crippen MR) is 105 cm³/mol. The van der Waals surface area contributed by atoms with Crippen LogP contribution in [0.25, 0.3) is 22.5 Å². The Bertz CT molecular complexity index is 1070. The SMILES string of the molecule is CCn1[c-][n+](Cc2ccccc2)c(-c2ccc(F)cc2)c1-c1ccc(F)cc1. The minimum atomic E-state index is -0.277. The molecule has 0 saturated carbocycles. The normalized spacial score (nSPS) is 11.0. The maximum Gasteiger partial charge on any atom is 0.205 e. The highest BCUT2D eigenvalue weighted by atomic mass is 19.1. The zero-order valence-electron chi connectivity index (χ0n) is 15.6. The van der Waals surface area contributed by atoms with Crippen LogP contribution in [0.4, 0.5) is 8.78 Å². The van der Waals surface area contributed by atoms with Crippen LogP contribution in [0.1, 0.15) is 12.5 Å². The molecule has 0 aliphatic heterocycles. The minimum Gasteiger partial charge on any atom is -0.344 e. The molecule has 1 heterocycles. The fraction of sp³-hybridized carbons (Fsp3) is 0.125. The van der Waals surface area contributed by atoms with Crippen molar-refractivity contribution in [3.05, 3.63) is 102 Å². The highest BCUT2D eigenvalue weighted by Gasteiger charge is 2.16. The largest absolute Gasteiger partial charge is 0.344 e. The van der Waals surface area contributed by atoms with Gasteiger partial charge in [-0.05, 0) is 47.9 Å². The summed E-state index contributed by atoms with van der Waals surface area (Å²) in [4.78, 5) is 0. The summed E-state index contributed by atoms with van der Waals surface area (Å²) in [6.45, 7) is 3.39. The lowest BCUT2D eigenvalue weighted by atomic mass is 10.0. The average Bonchev–Trinajstić information content (AvgIpc) is 3.08. The fourth-order valence-electron chi connectivity index (χ4n) is 3.41. The third kappa shape index (κ3) is 3.58. The quantitative estimate of drug-likeness (QED) is 0.333. The molecule has 0 atom stereocenters. The van der Waals surface area contributed by atoms with Crippen molar-refractivity contribution in [1.82, 2.24) is 4.57 Å². The second kappa shape index (κ2) is 7.77. The van der Waals surface area contributed by atoms with Crippen LogP contribution >= 0.6 is 0 Å². The van der Waals surface area contributed by atoms with E-state index in [0.717, 1.165) is 28.1 Å². The van der Waals surface area contributed by atoms with Gasteiger partial charge in [-0.15, -0.1) is 0 Å². The lowest BCUT2D eigenvalue weighted by molar-refractivity contribution is -0.681. The molecule has 1 aromatic heterocycles. The van der Waals surface area contributed by atoms with Gasteiger partial charge in [-0.1, -0.05) is 54.6 Å². The highest BCUT2D eigenvalue weighted by molar-refractivity contribution is 5.76. The Kier molecular flexibility index (Phi) is 5.02. The molecule has 0 N–H and O–H groups in total. The second-order valence-corrected chi connectivity index (χ2v) is 6.63. The summed E-state index contributed by atoms with van der Waals surface area (Å²) in [6, 6.07) is 23.0. The van der Waals surface area contributed by atoms with Crippen LogP contribution in [0, 0.1) is 18.0 Å². The highest BCUT2D eigenvalue weighted by Crippen LogP contribution is 2.30. The van der Waals surface area contributed by atoms with Gasteiger partial charge in [0.25, 0.3) is 0 Å². The van der Waals surface area contributed by atoms with Crippen molar-refractivity contribution in [3.8, 4) is 22.5 Å². The molecule has 0 aliphatic rings. The van der Waals surface area contributed by atoms with Gasteiger partial charge in [-0.2, -0.15) is 0 Å². The van der Waals surface area contributed by atoms with Gasteiger partial charge in [0, 0.05) is 11.4 Å². The topological polar surface area (TPSA) is 8.81 Å². The van der Waals surface area contributed by atoms with E-state index in [4.69, 9.17) is 0 Å². The predicted octanol–water partition coefficient (Wildman–Crippen LogP) is 5.26. The molecule has 0 aliphatic carbocycles. The van der Waals surface area contributed by atoms with Crippen LogP contribution in [0.5, 0.6) is 0 Å². The third-order valence-corrected chi connectivity index (χ3v) is 4.74. The average molecular weight is 374 g/mol. The van der Waals surface area contributed by atoms with E-state index in [2.05, 4.69) is 18.5 Å². The number of nitrogens with zero attached hydrogens (tertiary/aromatic N) is 2. The van der Waals surface area contributed by atoms with Gasteiger partial charge in [-0.25, -0.2) is 8.78 Å². The summed E-state index contributed by atoms with van der Waals surface area (Å²) in [7, 11) is 0. The van der Waals surface area contributed by atoms with Gasteiger partial charge in [0.05, 0.1) is 13.1 Å². The molecule has 0 fully saturated rings. The number of hydrogen-bond acceptors (Lipinski definition) is 0. The number of aromatic nitrogens is 2. The van der Waals surface area contributed by atoms with Gasteiger partial charge in [0.2, 0.25) is 6.33 Å². The Balaban J connectivity index is 1.93. The molecule has 0 bridgehead atoms. The number of hydrogen-bond donors (Lipinski definition) is 0. The van der Waals surface area contributed by atoms with E-state index >= 15 is 0 Å². The fourth-order valence-corrected chi connectivity index (χ4v) is 3.41. The summed E-state index contributed by atoms with van der Waals surface area (Å²) in [6.07, 6.45) is 3.42. The monoisotopic (exact) mass is 374 g/mol. The lowest BCUT2D eigenvalue weighted by Gasteiger charge is -2.15. The minimum absolute atomic E-state index is 0.275. The Hall–Kier alpha value is -3.27. The van der Waals surface area contributed by atoms with Crippen molar-refractivity contribution in [2.24, 2.45) is 0 Å². The van der Waals surface area contributed by atoms with Crippen LogP contribution in [0.3, 0.4) is 0 Å². The molecule has 28 heavy (non-hydrogen) atoms. The summed E-state index contributed by atoms with van der Waals surface area (Å²) >= 11 is 0. The van der Waals surface area contributed by atoms with Crippen molar-refractivity contribution < 1.29 is 13.3 Å². The molecule has 4 aromatic rings. The number of benzene rings is 3. The number of imidazole rings is 1. The van der Waals surface area contributed by atoms with Gasteiger partial charge in [-0.3, -0.25) is 0 Å². The molecule has 0 radical (unpaired) electrons. The summed E-state index contributed by atoms with van der Waals surface area (Å²) in [5.74, 6) is -0.552. The van der Waals surface area contributed by atoms with E-state index < -0.39 is 0 Å². The van der Waals surface area contributed by atoms with E-state index in [1.165, 1.54) is 24.3 Å². The molecule has 140 valence electrons. The molecule has 4 rings (SSSR count). The molecule has 4 heteroatoms. The Morgan fingerprint density at radius 3 is 1.93 bits per heavy atom. The van der Waals surface area contributed by atoms with Crippen LogP contribution in [-0.4, -0.2) is 4.57 Å². The van der Waals surface area contributed by atoms with E-state index in [0.29, 0.717) is 13.1 Å². The first-order valence-electron chi connectivity index (χ1n) is 9.27. The van der Waals surface area contributed by atoms with Crippen LogP contribution in [0.2, 0.25) is 0 Å². The lowest BCUT2D eigenvalue weighted by Crippen LogP contribution is -2.35. The molecule has 0 amide bonds. The van der Waals surface area contributed by atoms with Crippen LogP contribution in [0.15, 0.2) is 78.9 Å². The molecule has 3 aromatic carbocycles. The molecular formula is C24H20F2N2.